The standard InChI is InChI=1S/C19H29N/c1-11-9-16-7-6-8-20-19(16)17(10-11)18-14(4)12(2)13(3)15(18)5/h9-10,12-15,18,20H,6-8H2,1-5H3. The van der Waals surface area contributed by atoms with Crippen molar-refractivity contribution in [3.8, 4) is 0 Å². The van der Waals surface area contributed by atoms with Crippen molar-refractivity contribution in [3.05, 3.63) is 28.8 Å². The zero-order valence-corrected chi connectivity index (χ0v) is 13.7. The first kappa shape index (κ1) is 14.0. The summed E-state index contributed by atoms with van der Waals surface area (Å²) in [6.45, 7) is 13.2. The van der Waals surface area contributed by atoms with E-state index < -0.39 is 0 Å². The Kier molecular flexibility index (Phi) is 3.56. The molecule has 1 aliphatic carbocycles. The summed E-state index contributed by atoms with van der Waals surface area (Å²) in [5.74, 6) is 3.95. The van der Waals surface area contributed by atoms with Gasteiger partial charge in [0.2, 0.25) is 0 Å². The van der Waals surface area contributed by atoms with Crippen molar-refractivity contribution in [1.29, 1.82) is 0 Å². The highest BCUT2D eigenvalue weighted by Gasteiger charge is 2.43. The maximum atomic E-state index is 3.71. The monoisotopic (exact) mass is 271 g/mol. The van der Waals surface area contributed by atoms with Crippen LogP contribution < -0.4 is 5.32 Å². The van der Waals surface area contributed by atoms with Gasteiger partial charge >= 0.3 is 0 Å². The zero-order chi connectivity index (χ0) is 14.4. The summed E-state index contributed by atoms with van der Waals surface area (Å²) in [4.78, 5) is 0. The van der Waals surface area contributed by atoms with E-state index in [1.165, 1.54) is 24.1 Å². The van der Waals surface area contributed by atoms with E-state index in [0.29, 0.717) is 0 Å². The van der Waals surface area contributed by atoms with Gasteiger partial charge in [-0.3, -0.25) is 0 Å². The predicted octanol–water partition coefficient (Wildman–Crippen LogP) is 4.99. The molecule has 1 aromatic carbocycles. The van der Waals surface area contributed by atoms with E-state index in [9.17, 15) is 0 Å². The van der Waals surface area contributed by atoms with E-state index in [-0.39, 0.29) is 0 Å². The first-order chi connectivity index (χ1) is 9.50. The van der Waals surface area contributed by atoms with Crippen molar-refractivity contribution in [3.63, 3.8) is 0 Å². The van der Waals surface area contributed by atoms with Gasteiger partial charge in [-0.1, -0.05) is 45.4 Å². The fraction of sp³-hybridized carbons (Fsp3) is 0.684. The molecule has 110 valence electrons. The largest absolute Gasteiger partial charge is 0.385 e. The molecule has 0 saturated heterocycles. The highest BCUT2D eigenvalue weighted by molar-refractivity contribution is 5.62. The van der Waals surface area contributed by atoms with E-state index in [1.54, 1.807) is 11.1 Å². The molecule has 0 spiro atoms. The lowest BCUT2D eigenvalue weighted by molar-refractivity contribution is 0.352. The molecule has 0 aromatic heterocycles. The number of fused-ring (bicyclic) bond motifs is 1. The average molecular weight is 271 g/mol. The number of hydrogen-bond acceptors (Lipinski definition) is 1. The van der Waals surface area contributed by atoms with E-state index >= 15 is 0 Å². The predicted molar refractivity (Wildman–Crippen MR) is 87.4 cm³/mol. The second kappa shape index (κ2) is 5.09. The van der Waals surface area contributed by atoms with Crippen LogP contribution in [0.1, 0.15) is 56.7 Å². The van der Waals surface area contributed by atoms with Gasteiger partial charge in [-0.15, -0.1) is 0 Å². The molecular formula is C19H29N. The first-order valence-corrected chi connectivity index (χ1v) is 8.38. The molecule has 0 bridgehead atoms. The summed E-state index contributed by atoms with van der Waals surface area (Å²) < 4.78 is 0. The van der Waals surface area contributed by atoms with Crippen LogP contribution in [0.15, 0.2) is 12.1 Å². The normalized spacial score (nSPS) is 36.5. The van der Waals surface area contributed by atoms with Gasteiger partial charge in [0.15, 0.2) is 0 Å². The Morgan fingerprint density at radius 2 is 1.60 bits per heavy atom. The molecule has 4 atom stereocenters. The van der Waals surface area contributed by atoms with Crippen molar-refractivity contribution in [2.45, 2.75) is 53.4 Å². The molecule has 1 aliphatic heterocycles. The van der Waals surface area contributed by atoms with E-state index in [1.807, 2.05) is 0 Å². The Hall–Kier alpha value is -0.980. The summed E-state index contributed by atoms with van der Waals surface area (Å²) >= 11 is 0. The minimum Gasteiger partial charge on any atom is -0.385 e. The van der Waals surface area contributed by atoms with Crippen LogP contribution in [-0.2, 0) is 6.42 Å². The highest BCUT2D eigenvalue weighted by atomic mass is 14.9. The molecule has 1 heterocycles. The minimum absolute atomic E-state index is 0.722. The SMILES string of the molecule is Cc1cc2c(c(C3C(C)C(C)C(C)C3C)c1)NCCC2. The topological polar surface area (TPSA) is 12.0 Å². The first-order valence-electron chi connectivity index (χ1n) is 8.38. The zero-order valence-electron chi connectivity index (χ0n) is 13.7. The number of anilines is 1. The molecule has 1 fully saturated rings. The van der Waals surface area contributed by atoms with Gasteiger partial charge in [-0.25, -0.2) is 0 Å². The lowest BCUT2D eigenvalue weighted by Crippen LogP contribution is -2.19. The summed E-state index contributed by atoms with van der Waals surface area (Å²) in [5.41, 5.74) is 6.08. The Balaban J connectivity index is 2.08. The molecule has 1 N–H and O–H groups in total. The Morgan fingerprint density at radius 3 is 2.25 bits per heavy atom. The third-order valence-electron chi connectivity index (χ3n) is 6.30. The van der Waals surface area contributed by atoms with Gasteiger partial charge in [-0.2, -0.15) is 0 Å². The average Bonchev–Trinajstić information content (AvgIpc) is 2.62. The molecular weight excluding hydrogens is 242 g/mol. The van der Waals surface area contributed by atoms with Crippen LogP contribution in [0.3, 0.4) is 0 Å². The van der Waals surface area contributed by atoms with Crippen molar-refractivity contribution in [1.82, 2.24) is 0 Å². The van der Waals surface area contributed by atoms with Crippen LogP contribution in [0, 0.1) is 30.6 Å². The van der Waals surface area contributed by atoms with E-state index in [0.717, 1.165) is 36.1 Å². The van der Waals surface area contributed by atoms with Gasteiger partial charge < -0.3 is 5.32 Å². The van der Waals surface area contributed by atoms with E-state index in [2.05, 4.69) is 52.1 Å². The highest BCUT2D eigenvalue weighted by Crippen LogP contribution is 2.52. The van der Waals surface area contributed by atoms with Crippen LogP contribution >= 0.6 is 0 Å². The molecule has 2 aliphatic rings. The van der Waals surface area contributed by atoms with Gasteiger partial charge in [0, 0.05) is 12.2 Å². The van der Waals surface area contributed by atoms with Gasteiger partial charge in [-0.05, 0) is 60.5 Å². The number of hydrogen-bond donors (Lipinski definition) is 1. The molecule has 1 nitrogen and oxygen atoms in total. The van der Waals surface area contributed by atoms with Gasteiger partial charge in [0.25, 0.3) is 0 Å². The number of benzene rings is 1. The second-order valence-corrected chi connectivity index (χ2v) is 7.38. The van der Waals surface area contributed by atoms with Crippen molar-refractivity contribution >= 4 is 5.69 Å². The Bertz CT molecular complexity index is 491. The summed E-state index contributed by atoms with van der Waals surface area (Å²) in [5, 5.41) is 3.71. The van der Waals surface area contributed by atoms with Crippen LogP contribution in [0.5, 0.6) is 0 Å². The summed E-state index contributed by atoms with van der Waals surface area (Å²) in [6.07, 6.45) is 2.52. The molecule has 1 heteroatoms. The fourth-order valence-corrected chi connectivity index (χ4v) is 4.72. The quantitative estimate of drug-likeness (QED) is 0.758. The number of nitrogens with one attached hydrogen (secondary N) is 1. The molecule has 4 unspecified atom stereocenters. The lowest BCUT2D eigenvalue weighted by atomic mass is 9.80. The van der Waals surface area contributed by atoms with Crippen molar-refractivity contribution < 1.29 is 0 Å². The van der Waals surface area contributed by atoms with Crippen LogP contribution in [0.25, 0.3) is 0 Å². The third kappa shape index (κ3) is 2.06. The molecule has 0 amide bonds. The minimum atomic E-state index is 0.722. The molecule has 3 rings (SSSR count). The van der Waals surface area contributed by atoms with Gasteiger partial charge in [0.1, 0.15) is 0 Å². The van der Waals surface area contributed by atoms with Crippen molar-refractivity contribution in [2.24, 2.45) is 23.7 Å². The summed E-state index contributed by atoms with van der Waals surface area (Å²) in [7, 11) is 0. The van der Waals surface area contributed by atoms with Crippen LogP contribution in [0.2, 0.25) is 0 Å². The second-order valence-electron chi connectivity index (χ2n) is 7.38. The van der Waals surface area contributed by atoms with Gasteiger partial charge in [0.05, 0.1) is 0 Å². The molecule has 1 saturated carbocycles. The Morgan fingerprint density at radius 1 is 0.950 bits per heavy atom. The molecule has 0 radical (unpaired) electrons. The van der Waals surface area contributed by atoms with Crippen LogP contribution in [-0.4, -0.2) is 6.54 Å². The fourth-order valence-electron chi connectivity index (χ4n) is 4.72. The Labute approximate surface area is 124 Å². The van der Waals surface area contributed by atoms with Crippen molar-refractivity contribution in [2.75, 3.05) is 11.9 Å². The maximum absolute atomic E-state index is 3.71. The number of aryl methyl sites for hydroxylation is 2. The molecule has 1 aromatic rings. The smallest absolute Gasteiger partial charge is 0.0408 e. The summed E-state index contributed by atoms with van der Waals surface area (Å²) in [6, 6.07) is 4.85. The van der Waals surface area contributed by atoms with Crippen LogP contribution in [0.4, 0.5) is 5.69 Å². The number of rotatable bonds is 1. The maximum Gasteiger partial charge on any atom is 0.0408 e. The molecule has 20 heavy (non-hydrogen) atoms. The lowest BCUT2D eigenvalue weighted by Gasteiger charge is -2.29. The van der Waals surface area contributed by atoms with E-state index in [4.69, 9.17) is 0 Å². The third-order valence-corrected chi connectivity index (χ3v) is 6.30.